The van der Waals surface area contributed by atoms with Crippen molar-refractivity contribution in [3.8, 4) is 5.75 Å². The highest BCUT2D eigenvalue weighted by molar-refractivity contribution is 6.32. The molecule has 0 bridgehead atoms. The molecule has 0 unspecified atom stereocenters. The third-order valence-corrected chi connectivity index (χ3v) is 3.16. The van der Waals surface area contributed by atoms with Crippen molar-refractivity contribution in [3.05, 3.63) is 29.3 Å². The summed E-state index contributed by atoms with van der Waals surface area (Å²) in [6, 6.07) is 8.11. The summed E-state index contributed by atoms with van der Waals surface area (Å²) in [5.74, 6) is 0.753. The first-order valence-corrected chi connectivity index (χ1v) is 6.42. The molecule has 0 radical (unpaired) electrons. The third kappa shape index (κ3) is 4.19. The summed E-state index contributed by atoms with van der Waals surface area (Å²) >= 11 is 5.99. The topological polar surface area (TPSA) is 30.5 Å². The number of para-hydroxylation sites is 1. The van der Waals surface area contributed by atoms with Crippen LogP contribution in [0.25, 0.3) is 0 Å². The molecule has 3 nitrogen and oxygen atoms in total. The minimum absolute atomic E-state index is 0.568. The molecule has 4 heteroatoms. The van der Waals surface area contributed by atoms with Crippen molar-refractivity contribution in [3.63, 3.8) is 0 Å². The molecule has 0 saturated carbocycles. The first-order valence-electron chi connectivity index (χ1n) is 6.05. The highest BCUT2D eigenvalue weighted by Gasteiger charge is 2.12. The van der Waals surface area contributed by atoms with Gasteiger partial charge in [0.25, 0.3) is 0 Å². The fourth-order valence-electron chi connectivity index (χ4n) is 1.89. The average Bonchev–Trinajstić information content (AvgIpc) is 2.38. The second-order valence-corrected chi connectivity index (χ2v) is 4.53. The Labute approximate surface area is 107 Å². The van der Waals surface area contributed by atoms with Crippen molar-refractivity contribution in [1.29, 1.82) is 0 Å². The number of hydrogen-bond donors (Lipinski definition) is 1. The van der Waals surface area contributed by atoms with Crippen molar-refractivity contribution < 1.29 is 9.47 Å². The van der Waals surface area contributed by atoms with Crippen molar-refractivity contribution in [1.82, 2.24) is 5.32 Å². The SMILES string of the molecule is Clc1ccccc1OCCNC1CCOCC1. The molecule has 1 heterocycles. The van der Waals surface area contributed by atoms with Gasteiger partial charge in [-0.1, -0.05) is 23.7 Å². The predicted molar refractivity (Wildman–Crippen MR) is 68.8 cm³/mol. The molecule has 17 heavy (non-hydrogen) atoms. The lowest BCUT2D eigenvalue weighted by Crippen LogP contribution is -2.37. The van der Waals surface area contributed by atoms with Crippen LogP contribution in [0.4, 0.5) is 0 Å². The van der Waals surface area contributed by atoms with Crippen LogP contribution >= 0.6 is 11.6 Å². The molecule has 0 amide bonds. The van der Waals surface area contributed by atoms with Gasteiger partial charge in [-0.25, -0.2) is 0 Å². The second kappa shape index (κ2) is 6.84. The standard InChI is InChI=1S/C13H18ClNO2/c14-12-3-1-2-4-13(12)17-10-7-15-11-5-8-16-9-6-11/h1-4,11,15H,5-10H2. The zero-order valence-electron chi connectivity index (χ0n) is 9.82. The Morgan fingerprint density at radius 2 is 2.06 bits per heavy atom. The minimum Gasteiger partial charge on any atom is -0.491 e. The van der Waals surface area contributed by atoms with Gasteiger partial charge in [-0.3, -0.25) is 0 Å². The van der Waals surface area contributed by atoms with Gasteiger partial charge in [-0.2, -0.15) is 0 Å². The molecule has 0 atom stereocenters. The Bertz CT molecular complexity index is 340. The summed E-state index contributed by atoms with van der Waals surface area (Å²) in [4.78, 5) is 0. The van der Waals surface area contributed by atoms with Gasteiger partial charge in [0.2, 0.25) is 0 Å². The lowest BCUT2D eigenvalue weighted by atomic mass is 10.1. The van der Waals surface area contributed by atoms with Crippen molar-refractivity contribution >= 4 is 11.6 Å². The smallest absolute Gasteiger partial charge is 0.137 e. The van der Waals surface area contributed by atoms with Crippen molar-refractivity contribution in [2.45, 2.75) is 18.9 Å². The molecule has 1 aromatic rings. The molecule has 1 aromatic carbocycles. The zero-order valence-corrected chi connectivity index (χ0v) is 10.6. The highest BCUT2D eigenvalue weighted by atomic mass is 35.5. The molecular weight excluding hydrogens is 238 g/mol. The minimum atomic E-state index is 0.568. The van der Waals surface area contributed by atoms with E-state index in [4.69, 9.17) is 21.1 Å². The molecule has 1 aliphatic rings. The Morgan fingerprint density at radius 1 is 1.29 bits per heavy atom. The zero-order chi connectivity index (χ0) is 11.9. The van der Waals surface area contributed by atoms with Gasteiger partial charge >= 0.3 is 0 Å². The van der Waals surface area contributed by atoms with E-state index >= 15 is 0 Å². The van der Waals surface area contributed by atoms with Crippen molar-refractivity contribution in [2.75, 3.05) is 26.4 Å². The Morgan fingerprint density at radius 3 is 2.82 bits per heavy atom. The molecular formula is C13H18ClNO2. The van der Waals surface area contributed by atoms with E-state index in [1.807, 2.05) is 24.3 Å². The summed E-state index contributed by atoms with van der Waals surface area (Å²) in [7, 11) is 0. The van der Waals surface area contributed by atoms with Gasteiger partial charge in [-0.15, -0.1) is 0 Å². The second-order valence-electron chi connectivity index (χ2n) is 4.12. The normalized spacial score (nSPS) is 17.0. The third-order valence-electron chi connectivity index (χ3n) is 2.85. The van der Waals surface area contributed by atoms with Gasteiger partial charge in [0, 0.05) is 25.8 Å². The van der Waals surface area contributed by atoms with Crippen LogP contribution in [0.15, 0.2) is 24.3 Å². The average molecular weight is 256 g/mol. The number of rotatable bonds is 5. The summed E-state index contributed by atoms with van der Waals surface area (Å²) in [6.45, 7) is 3.21. The fourth-order valence-corrected chi connectivity index (χ4v) is 2.08. The predicted octanol–water partition coefficient (Wildman–Crippen LogP) is 2.49. The van der Waals surface area contributed by atoms with Crippen LogP contribution in [0.3, 0.4) is 0 Å². The molecule has 1 N–H and O–H groups in total. The first kappa shape index (κ1) is 12.7. The van der Waals surface area contributed by atoms with Crippen LogP contribution in [0.2, 0.25) is 5.02 Å². The van der Waals surface area contributed by atoms with Crippen LogP contribution in [0.1, 0.15) is 12.8 Å². The Balaban J connectivity index is 1.64. The lowest BCUT2D eigenvalue weighted by molar-refractivity contribution is 0.0770. The number of benzene rings is 1. The highest BCUT2D eigenvalue weighted by Crippen LogP contribution is 2.22. The largest absolute Gasteiger partial charge is 0.491 e. The Kier molecular flexibility index (Phi) is 5.10. The van der Waals surface area contributed by atoms with E-state index in [0.717, 1.165) is 38.3 Å². The molecule has 94 valence electrons. The van der Waals surface area contributed by atoms with Gasteiger partial charge in [0.15, 0.2) is 0 Å². The maximum Gasteiger partial charge on any atom is 0.137 e. The molecule has 0 spiro atoms. The fraction of sp³-hybridized carbons (Fsp3) is 0.538. The number of ether oxygens (including phenoxy) is 2. The quantitative estimate of drug-likeness (QED) is 0.820. The van der Waals surface area contributed by atoms with E-state index in [-0.39, 0.29) is 0 Å². The molecule has 1 fully saturated rings. The van der Waals surface area contributed by atoms with Crippen LogP contribution in [0.5, 0.6) is 5.75 Å². The van der Waals surface area contributed by atoms with E-state index in [2.05, 4.69) is 5.32 Å². The van der Waals surface area contributed by atoms with Gasteiger partial charge in [-0.05, 0) is 25.0 Å². The number of nitrogens with one attached hydrogen (secondary N) is 1. The van der Waals surface area contributed by atoms with Gasteiger partial charge < -0.3 is 14.8 Å². The van der Waals surface area contributed by atoms with Crippen LogP contribution in [-0.4, -0.2) is 32.4 Å². The van der Waals surface area contributed by atoms with Gasteiger partial charge in [0.05, 0.1) is 5.02 Å². The summed E-state index contributed by atoms with van der Waals surface area (Å²) in [6.07, 6.45) is 2.18. The first-order chi connectivity index (χ1) is 8.36. The molecule has 2 rings (SSSR count). The van der Waals surface area contributed by atoms with E-state index in [0.29, 0.717) is 17.7 Å². The molecule has 0 aliphatic carbocycles. The molecule has 1 aliphatic heterocycles. The van der Waals surface area contributed by atoms with Gasteiger partial charge in [0.1, 0.15) is 12.4 Å². The Hall–Kier alpha value is -0.770. The molecule has 0 aromatic heterocycles. The van der Waals surface area contributed by atoms with E-state index in [1.54, 1.807) is 0 Å². The van der Waals surface area contributed by atoms with Crippen LogP contribution in [0, 0.1) is 0 Å². The number of hydrogen-bond acceptors (Lipinski definition) is 3. The maximum atomic E-state index is 5.99. The van der Waals surface area contributed by atoms with E-state index < -0.39 is 0 Å². The number of halogens is 1. The van der Waals surface area contributed by atoms with E-state index in [9.17, 15) is 0 Å². The molecule has 1 saturated heterocycles. The lowest BCUT2D eigenvalue weighted by Gasteiger charge is -2.23. The van der Waals surface area contributed by atoms with Crippen molar-refractivity contribution in [2.24, 2.45) is 0 Å². The van der Waals surface area contributed by atoms with E-state index in [1.165, 1.54) is 0 Å². The summed E-state index contributed by atoms with van der Waals surface area (Å²) in [5, 5.41) is 4.13. The summed E-state index contributed by atoms with van der Waals surface area (Å²) < 4.78 is 10.9. The van der Waals surface area contributed by atoms with Crippen LogP contribution < -0.4 is 10.1 Å². The summed E-state index contributed by atoms with van der Waals surface area (Å²) in [5.41, 5.74) is 0. The van der Waals surface area contributed by atoms with Crippen LogP contribution in [-0.2, 0) is 4.74 Å². The maximum absolute atomic E-state index is 5.99. The monoisotopic (exact) mass is 255 g/mol.